The van der Waals surface area contributed by atoms with Gasteiger partial charge in [-0.3, -0.25) is 9.59 Å². The Morgan fingerprint density at radius 3 is 2.37 bits per heavy atom. The molecule has 0 heterocycles. The molecule has 2 N–H and O–H groups in total. The molecular formula is C15H25NO3. The minimum Gasteiger partial charge on any atom is -0.481 e. The van der Waals surface area contributed by atoms with Gasteiger partial charge in [0.2, 0.25) is 5.91 Å². The van der Waals surface area contributed by atoms with Gasteiger partial charge in [-0.25, -0.2) is 0 Å². The van der Waals surface area contributed by atoms with Gasteiger partial charge in [0.1, 0.15) is 0 Å². The SMILES string of the molecule is CC1CCCC(NC(=O)C2C(C(=O)O)C2(C)C)CC1. The summed E-state index contributed by atoms with van der Waals surface area (Å²) in [5, 5.41) is 12.2. The zero-order chi connectivity index (χ0) is 14.2. The van der Waals surface area contributed by atoms with Crippen molar-refractivity contribution in [2.45, 2.75) is 58.9 Å². The van der Waals surface area contributed by atoms with Crippen LogP contribution in [0, 0.1) is 23.2 Å². The van der Waals surface area contributed by atoms with Gasteiger partial charge >= 0.3 is 5.97 Å². The van der Waals surface area contributed by atoms with Crippen molar-refractivity contribution in [2.24, 2.45) is 23.2 Å². The minimum atomic E-state index is -0.848. The average molecular weight is 267 g/mol. The fourth-order valence-electron chi connectivity index (χ4n) is 3.51. The summed E-state index contributed by atoms with van der Waals surface area (Å²) in [5.74, 6) is -1.04. The van der Waals surface area contributed by atoms with Crippen LogP contribution in [0.15, 0.2) is 0 Å². The van der Waals surface area contributed by atoms with Crippen molar-refractivity contribution in [3.05, 3.63) is 0 Å². The number of carbonyl (C=O) groups is 2. The van der Waals surface area contributed by atoms with Gasteiger partial charge in [0.25, 0.3) is 0 Å². The van der Waals surface area contributed by atoms with Crippen LogP contribution in [-0.2, 0) is 9.59 Å². The van der Waals surface area contributed by atoms with Crippen LogP contribution < -0.4 is 5.32 Å². The second kappa shape index (κ2) is 5.14. The predicted molar refractivity (Wildman–Crippen MR) is 72.6 cm³/mol. The standard InChI is InChI=1S/C15H25NO3/c1-9-5-4-6-10(8-7-9)16-13(17)11-12(14(18)19)15(11,2)3/h9-12H,4-8H2,1-3H3,(H,16,17)(H,18,19). The molecule has 0 spiro atoms. The number of nitrogens with one attached hydrogen (secondary N) is 1. The molecule has 2 saturated carbocycles. The number of carboxylic acid groups (broad SMARTS) is 1. The normalized spacial score (nSPS) is 37.2. The van der Waals surface area contributed by atoms with Crippen molar-refractivity contribution >= 4 is 11.9 Å². The molecule has 0 saturated heterocycles. The Hall–Kier alpha value is -1.06. The average Bonchev–Trinajstić information content (AvgIpc) is 2.93. The molecule has 2 aliphatic carbocycles. The number of aliphatic carboxylic acids is 1. The van der Waals surface area contributed by atoms with Crippen molar-refractivity contribution in [3.63, 3.8) is 0 Å². The number of carbonyl (C=O) groups excluding carboxylic acids is 1. The lowest BCUT2D eigenvalue weighted by atomic mass is 10.0. The third-order valence-corrected chi connectivity index (χ3v) is 4.98. The van der Waals surface area contributed by atoms with Crippen molar-refractivity contribution < 1.29 is 14.7 Å². The summed E-state index contributed by atoms with van der Waals surface area (Å²) >= 11 is 0. The zero-order valence-corrected chi connectivity index (χ0v) is 12.1. The molecule has 2 rings (SSSR count). The molecule has 19 heavy (non-hydrogen) atoms. The van der Waals surface area contributed by atoms with Crippen LogP contribution in [0.2, 0.25) is 0 Å². The van der Waals surface area contributed by atoms with Crippen molar-refractivity contribution in [1.82, 2.24) is 5.32 Å². The van der Waals surface area contributed by atoms with E-state index in [0.29, 0.717) is 0 Å². The lowest BCUT2D eigenvalue weighted by Gasteiger charge is -2.17. The molecule has 4 unspecified atom stereocenters. The number of hydrogen-bond acceptors (Lipinski definition) is 2. The van der Waals surface area contributed by atoms with Crippen LogP contribution in [0.3, 0.4) is 0 Å². The second-order valence-electron chi connectivity index (χ2n) is 6.93. The molecule has 0 aromatic rings. The first-order chi connectivity index (χ1) is 8.84. The molecule has 2 fully saturated rings. The highest BCUT2D eigenvalue weighted by Crippen LogP contribution is 2.58. The maximum absolute atomic E-state index is 12.2. The smallest absolute Gasteiger partial charge is 0.307 e. The van der Waals surface area contributed by atoms with Gasteiger partial charge in [-0.05, 0) is 30.6 Å². The van der Waals surface area contributed by atoms with E-state index in [1.54, 1.807) is 0 Å². The van der Waals surface area contributed by atoms with Gasteiger partial charge in [0, 0.05) is 6.04 Å². The van der Waals surface area contributed by atoms with Crippen LogP contribution in [0.5, 0.6) is 0 Å². The maximum atomic E-state index is 12.2. The van der Waals surface area contributed by atoms with Gasteiger partial charge in [0.05, 0.1) is 11.8 Å². The molecule has 0 aromatic carbocycles. The van der Waals surface area contributed by atoms with E-state index in [1.165, 1.54) is 6.42 Å². The fraction of sp³-hybridized carbons (Fsp3) is 0.867. The summed E-state index contributed by atoms with van der Waals surface area (Å²) in [6.07, 6.45) is 5.60. The van der Waals surface area contributed by atoms with Gasteiger partial charge in [-0.1, -0.05) is 33.6 Å². The summed E-state index contributed by atoms with van der Waals surface area (Å²) in [6, 6.07) is 0.239. The van der Waals surface area contributed by atoms with Crippen molar-refractivity contribution in [2.75, 3.05) is 0 Å². The first-order valence-electron chi connectivity index (χ1n) is 7.37. The summed E-state index contributed by atoms with van der Waals surface area (Å²) in [7, 11) is 0. The van der Waals surface area contributed by atoms with E-state index in [2.05, 4.69) is 12.2 Å². The maximum Gasteiger partial charge on any atom is 0.307 e. The summed E-state index contributed by atoms with van der Waals surface area (Å²) < 4.78 is 0. The molecule has 108 valence electrons. The van der Waals surface area contributed by atoms with Gasteiger partial charge in [0.15, 0.2) is 0 Å². The Labute approximate surface area is 115 Å². The Bertz CT molecular complexity index is 378. The number of carboxylic acids is 1. The molecule has 1 amide bonds. The molecule has 0 aromatic heterocycles. The summed E-state index contributed by atoms with van der Waals surface area (Å²) in [5.41, 5.74) is -0.395. The van der Waals surface area contributed by atoms with Crippen LogP contribution in [0.25, 0.3) is 0 Å². The number of hydrogen-bond donors (Lipinski definition) is 2. The Morgan fingerprint density at radius 1 is 1.11 bits per heavy atom. The van der Waals surface area contributed by atoms with Crippen LogP contribution in [0.4, 0.5) is 0 Å². The molecular weight excluding hydrogens is 242 g/mol. The Balaban J connectivity index is 1.90. The Kier molecular flexibility index (Phi) is 3.88. The molecule has 4 nitrogen and oxygen atoms in total. The van der Waals surface area contributed by atoms with Crippen LogP contribution in [0.1, 0.15) is 52.9 Å². The van der Waals surface area contributed by atoms with Crippen molar-refractivity contribution in [1.29, 1.82) is 0 Å². The van der Waals surface area contributed by atoms with E-state index in [9.17, 15) is 9.59 Å². The van der Waals surface area contributed by atoms with Gasteiger partial charge < -0.3 is 10.4 Å². The van der Waals surface area contributed by atoms with Crippen LogP contribution in [-0.4, -0.2) is 23.0 Å². The lowest BCUT2D eigenvalue weighted by Crippen LogP contribution is -2.36. The van der Waals surface area contributed by atoms with E-state index in [0.717, 1.165) is 31.6 Å². The molecule has 0 radical (unpaired) electrons. The third-order valence-electron chi connectivity index (χ3n) is 4.98. The van der Waals surface area contributed by atoms with Gasteiger partial charge in [-0.2, -0.15) is 0 Å². The van der Waals surface area contributed by atoms with E-state index < -0.39 is 17.3 Å². The summed E-state index contributed by atoms with van der Waals surface area (Å²) in [4.78, 5) is 23.3. The zero-order valence-electron chi connectivity index (χ0n) is 12.1. The highest BCUT2D eigenvalue weighted by atomic mass is 16.4. The quantitative estimate of drug-likeness (QED) is 0.772. The van der Waals surface area contributed by atoms with E-state index in [4.69, 9.17) is 5.11 Å². The first-order valence-corrected chi connectivity index (χ1v) is 7.37. The predicted octanol–water partition coefficient (Wildman–Crippen LogP) is 2.43. The Morgan fingerprint density at radius 2 is 1.79 bits per heavy atom. The first kappa shape index (κ1) is 14.4. The molecule has 0 aliphatic heterocycles. The third kappa shape index (κ3) is 2.93. The number of amides is 1. The highest BCUT2D eigenvalue weighted by molar-refractivity contribution is 5.91. The summed E-state index contributed by atoms with van der Waals surface area (Å²) in [6.45, 7) is 5.99. The fourth-order valence-corrected chi connectivity index (χ4v) is 3.51. The lowest BCUT2D eigenvalue weighted by molar-refractivity contribution is -0.140. The van der Waals surface area contributed by atoms with E-state index in [1.807, 2.05) is 13.8 Å². The van der Waals surface area contributed by atoms with Gasteiger partial charge in [-0.15, -0.1) is 0 Å². The molecule has 4 atom stereocenters. The van der Waals surface area contributed by atoms with Crippen LogP contribution >= 0.6 is 0 Å². The monoisotopic (exact) mass is 267 g/mol. The highest BCUT2D eigenvalue weighted by Gasteiger charge is 2.65. The molecule has 0 bridgehead atoms. The van der Waals surface area contributed by atoms with E-state index in [-0.39, 0.29) is 17.9 Å². The van der Waals surface area contributed by atoms with Crippen molar-refractivity contribution in [3.8, 4) is 0 Å². The second-order valence-corrected chi connectivity index (χ2v) is 6.93. The topological polar surface area (TPSA) is 66.4 Å². The number of rotatable bonds is 3. The molecule has 2 aliphatic rings. The molecule has 4 heteroatoms. The minimum absolute atomic E-state index is 0.0584. The van der Waals surface area contributed by atoms with E-state index >= 15 is 0 Å². The largest absolute Gasteiger partial charge is 0.481 e.